The third-order valence-corrected chi connectivity index (χ3v) is 7.27. The average Bonchev–Trinajstić information content (AvgIpc) is 3.60. The molecule has 1 amide bonds. The predicted octanol–water partition coefficient (Wildman–Crippen LogP) is 5.03. The van der Waals surface area contributed by atoms with Gasteiger partial charge < -0.3 is 15.1 Å². The number of carbonyl (C=O) groups excluding carboxylic acids is 1. The second-order valence-electron chi connectivity index (χ2n) is 9.17. The molecule has 180 valence electrons. The molecule has 1 aliphatic heterocycles. The van der Waals surface area contributed by atoms with Crippen molar-refractivity contribution in [1.29, 1.82) is 0 Å². The summed E-state index contributed by atoms with van der Waals surface area (Å²) >= 11 is 1.56. The number of nitrogens with zero attached hydrogens (tertiary/aromatic N) is 4. The normalized spacial score (nSPS) is 17.5. The molecule has 0 radical (unpaired) electrons. The number of rotatable bonds is 6. The third-order valence-electron chi connectivity index (χ3n) is 6.21. The summed E-state index contributed by atoms with van der Waals surface area (Å²) < 4.78 is 20.6. The van der Waals surface area contributed by atoms with Crippen molar-refractivity contribution < 1.29 is 13.6 Å². The van der Waals surface area contributed by atoms with Gasteiger partial charge in [0.25, 0.3) is 11.8 Å². The molecule has 4 aromatic rings. The summed E-state index contributed by atoms with van der Waals surface area (Å²) in [5.41, 5.74) is 7.94. The van der Waals surface area contributed by atoms with Crippen LogP contribution in [-0.4, -0.2) is 32.5 Å². The molecule has 0 saturated carbocycles. The standard InChI is InChI=1S/C26H26FN5O2S/c1-16-15-35-23(29-16)21-9-6-12-32(21)24(33)18-10-11-20(27)19(13-18)22-30-31-25(34-22)26(2,28)14-17-7-4-3-5-8-17/h3-5,7-8,10-11,13,15,21H,6,9,12,14,28H2,1-2H3/t21-,26+/m1/s1. The van der Waals surface area contributed by atoms with E-state index in [0.717, 1.165) is 29.1 Å². The molecular formula is C26H26FN5O2S. The zero-order valence-electron chi connectivity index (χ0n) is 19.6. The molecule has 0 bridgehead atoms. The van der Waals surface area contributed by atoms with Crippen molar-refractivity contribution in [3.63, 3.8) is 0 Å². The summed E-state index contributed by atoms with van der Waals surface area (Å²) in [6.07, 6.45) is 2.23. The maximum absolute atomic E-state index is 14.8. The molecule has 5 rings (SSSR count). The summed E-state index contributed by atoms with van der Waals surface area (Å²) in [5.74, 6) is -0.530. The van der Waals surface area contributed by atoms with E-state index in [0.29, 0.717) is 18.5 Å². The van der Waals surface area contributed by atoms with Crippen molar-refractivity contribution in [1.82, 2.24) is 20.1 Å². The van der Waals surface area contributed by atoms with Gasteiger partial charge in [0, 0.05) is 23.2 Å². The number of halogens is 1. The SMILES string of the molecule is Cc1csc([C@H]2CCCN2C(=O)c2ccc(F)c(-c3nnc([C@@](C)(N)Cc4ccccc4)o3)c2)n1. The largest absolute Gasteiger partial charge is 0.419 e. The monoisotopic (exact) mass is 491 g/mol. The Morgan fingerprint density at radius 2 is 2.06 bits per heavy atom. The summed E-state index contributed by atoms with van der Waals surface area (Å²) in [5, 5.41) is 11.1. The number of hydrogen-bond acceptors (Lipinski definition) is 7. The maximum atomic E-state index is 14.8. The molecule has 1 saturated heterocycles. The number of aromatic nitrogens is 3. The highest BCUT2D eigenvalue weighted by molar-refractivity contribution is 7.09. The first-order valence-corrected chi connectivity index (χ1v) is 12.4. The lowest BCUT2D eigenvalue weighted by atomic mass is 9.94. The lowest BCUT2D eigenvalue weighted by Crippen LogP contribution is -2.35. The highest BCUT2D eigenvalue weighted by Crippen LogP contribution is 2.35. The van der Waals surface area contributed by atoms with Crippen LogP contribution in [0.5, 0.6) is 0 Å². The van der Waals surface area contributed by atoms with Crippen LogP contribution in [0.1, 0.15) is 58.3 Å². The molecule has 0 unspecified atom stereocenters. The van der Waals surface area contributed by atoms with Crippen LogP contribution in [0, 0.1) is 12.7 Å². The van der Waals surface area contributed by atoms with Crippen LogP contribution in [-0.2, 0) is 12.0 Å². The van der Waals surface area contributed by atoms with E-state index in [4.69, 9.17) is 10.2 Å². The topological polar surface area (TPSA) is 98.1 Å². The van der Waals surface area contributed by atoms with Gasteiger partial charge in [-0.25, -0.2) is 9.37 Å². The number of nitrogens with two attached hydrogens (primary N) is 1. The minimum atomic E-state index is -0.939. The smallest absolute Gasteiger partial charge is 0.254 e. The van der Waals surface area contributed by atoms with Crippen LogP contribution < -0.4 is 5.73 Å². The van der Waals surface area contributed by atoms with Crippen molar-refractivity contribution in [3.05, 3.63) is 87.4 Å². The predicted molar refractivity (Wildman–Crippen MR) is 131 cm³/mol. The van der Waals surface area contributed by atoms with Crippen molar-refractivity contribution in [2.45, 2.75) is 44.7 Å². The molecule has 1 aliphatic rings. The van der Waals surface area contributed by atoms with Gasteiger partial charge in [0.15, 0.2) is 0 Å². The fourth-order valence-corrected chi connectivity index (χ4v) is 5.38. The first kappa shape index (κ1) is 23.3. The quantitative estimate of drug-likeness (QED) is 0.406. The fourth-order valence-electron chi connectivity index (χ4n) is 4.44. The second kappa shape index (κ2) is 9.31. The van der Waals surface area contributed by atoms with Gasteiger partial charge in [-0.05, 0) is 56.9 Å². The van der Waals surface area contributed by atoms with E-state index in [2.05, 4.69) is 15.2 Å². The molecule has 3 heterocycles. The van der Waals surface area contributed by atoms with Crippen molar-refractivity contribution >= 4 is 17.2 Å². The van der Waals surface area contributed by atoms with Gasteiger partial charge in [0.05, 0.1) is 17.1 Å². The molecule has 1 fully saturated rings. The minimum Gasteiger partial charge on any atom is -0.419 e. The first-order chi connectivity index (χ1) is 16.8. The van der Waals surface area contributed by atoms with E-state index in [9.17, 15) is 9.18 Å². The highest BCUT2D eigenvalue weighted by atomic mass is 32.1. The Hall–Kier alpha value is -3.43. The molecule has 2 N–H and O–H groups in total. The number of amides is 1. The summed E-state index contributed by atoms with van der Waals surface area (Å²) in [6.45, 7) is 4.37. The van der Waals surface area contributed by atoms with Gasteiger partial charge >= 0.3 is 0 Å². The number of likely N-dealkylation sites (tertiary alicyclic amines) is 1. The van der Waals surface area contributed by atoms with Crippen LogP contribution in [0.25, 0.3) is 11.5 Å². The fraction of sp³-hybridized carbons (Fsp3) is 0.308. The average molecular weight is 492 g/mol. The molecular weight excluding hydrogens is 465 g/mol. The van der Waals surface area contributed by atoms with Gasteiger partial charge in [-0.2, -0.15) is 0 Å². The zero-order chi connectivity index (χ0) is 24.6. The summed E-state index contributed by atoms with van der Waals surface area (Å²) in [7, 11) is 0. The Kier molecular flexibility index (Phi) is 6.21. The second-order valence-corrected chi connectivity index (χ2v) is 10.1. The molecule has 2 aromatic heterocycles. The van der Waals surface area contributed by atoms with Gasteiger partial charge in [0.2, 0.25) is 5.89 Å². The number of benzene rings is 2. The van der Waals surface area contributed by atoms with Crippen LogP contribution in [0.2, 0.25) is 0 Å². The van der Waals surface area contributed by atoms with Gasteiger partial charge in [-0.15, -0.1) is 21.5 Å². The molecule has 2 aromatic carbocycles. The van der Waals surface area contributed by atoms with Crippen LogP contribution >= 0.6 is 11.3 Å². The molecule has 0 spiro atoms. The van der Waals surface area contributed by atoms with Gasteiger partial charge in [0.1, 0.15) is 10.8 Å². The minimum absolute atomic E-state index is 0.00888. The summed E-state index contributed by atoms with van der Waals surface area (Å²) in [4.78, 5) is 19.8. The zero-order valence-corrected chi connectivity index (χ0v) is 20.4. The Bertz CT molecular complexity index is 1350. The van der Waals surface area contributed by atoms with E-state index in [1.165, 1.54) is 18.2 Å². The van der Waals surface area contributed by atoms with E-state index in [-0.39, 0.29) is 29.3 Å². The third kappa shape index (κ3) is 4.74. The summed E-state index contributed by atoms with van der Waals surface area (Å²) in [6, 6.07) is 13.9. The lowest BCUT2D eigenvalue weighted by molar-refractivity contribution is 0.0735. The Balaban J connectivity index is 1.40. The first-order valence-electron chi connectivity index (χ1n) is 11.5. The Morgan fingerprint density at radius 1 is 1.26 bits per heavy atom. The number of hydrogen-bond donors (Lipinski definition) is 1. The van der Waals surface area contributed by atoms with E-state index in [1.807, 2.05) is 47.5 Å². The molecule has 7 nitrogen and oxygen atoms in total. The van der Waals surface area contributed by atoms with Crippen molar-refractivity contribution in [2.75, 3.05) is 6.54 Å². The Labute approximate surface area is 206 Å². The van der Waals surface area contributed by atoms with Gasteiger partial charge in [-0.1, -0.05) is 30.3 Å². The molecule has 35 heavy (non-hydrogen) atoms. The van der Waals surface area contributed by atoms with Crippen molar-refractivity contribution in [2.24, 2.45) is 5.73 Å². The molecule has 2 atom stereocenters. The Morgan fingerprint density at radius 3 is 2.80 bits per heavy atom. The van der Waals surface area contributed by atoms with Crippen LogP contribution in [0.3, 0.4) is 0 Å². The van der Waals surface area contributed by atoms with E-state index >= 15 is 0 Å². The van der Waals surface area contributed by atoms with Crippen LogP contribution in [0.4, 0.5) is 4.39 Å². The molecule has 0 aliphatic carbocycles. The number of aryl methyl sites for hydroxylation is 1. The number of thiazole rings is 1. The van der Waals surface area contributed by atoms with E-state index in [1.54, 1.807) is 18.3 Å². The lowest BCUT2D eigenvalue weighted by Gasteiger charge is -2.23. The van der Waals surface area contributed by atoms with Gasteiger partial charge in [-0.3, -0.25) is 4.79 Å². The highest BCUT2D eigenvalue weighted by Gasteiger charge is 2.33. The van der Waals surface area contributed by atoms with Crippen molar-refractivity contribution in [3.8, 4) is 11.5 Å². The van der Waals surface area contributed by atoms with Crippen LogP contribution in [0.15, 0.2) is 58.3 Å². The number of carbonyl (C=O) groups is 1. The molecule has 9 heteroatoms. The maximum Gasteiger partial charge on any atom is 0.254 e. The van der Waals surface area contributed by atoms with E-state index < -0.39 is 11.4 Å².